The molecule has 2 N–H and O–H groups in total. The number of ether oxygens (including phenoxy) is 1. The van der Waals surface area contributed by atoms with Crippen LogP contribution in [0.15, 0.2) is 84.0 Å². The molecule has 8 nitrogen and oxygen atoms in total. The molecular weight excluding hydrogens is 552 g/mol. The number of piperidine rings is 1. The molecule has 0 unspecified atom stereocenters. The van der Waals surface area contributed by atoms with Crippen LogP contribution in [0, 0.1) is 11.6 Å². The average molecular weight is 584 g/mol. The number of carbonyl (C=O) groups is 1. The van der Waals surface area contributed by atoms with Crippen molar-refractivity contribution < 1.29 is 18.3 Å². The third-order valence-electron chi connectivity index (χ3n) is 7.75. The van der Waals surface area contributed by atoms with Crippen LogP contribution in [0.1, 0.15) is 34.3 Å². The molecule has 4 heterocycles. The minimum absolute atomic E-state index is 0.00364. The first-order chi connectivity index (χ1) is 20.8. The third kappa shape index (κ3) is 6.34. The van der Waals surface area contributed by atoms with Crippen LogP contribution >= 0.6 is 0 Å². The summed E-state index contributed by atoms with van der Waals surface area (Å²) >= 11 is 0. The number of nitrogens with zero attached hydrogens (tertiary/aromatic N) is 3. The van der Waals surface area contributed by atoms with E-state index < -0.39 is 23.1 Å². The monoisotopic (exact) mass is 583 g/mol. The Morgan fingerprint density at radius 2 is 1.88 bits per heavy atom. The van der Waals surface area contributed by atoms with Crippen molar-refractivity contribution in [3.8, 4) is 16.9 Å². The van der Waals surface area contributed by atoms with Gasteiger partial charge < -0.3 is 24.5 Å². The van der Waals surface area contributed by atoms with E-state index in [1.807, 2.05) is 36.5 Å². The Hall–Kier alpha value is -4.83. The lowest BCUT2D eigenvalue weighted by molar-refractivity contribution is 0.0948. The number of carbonyl (C=O) groups excluding carboxylic acids is 1. The number of rotatable bonds is 8. The fraction of sp³-hybridized carbons (Fsp3) is 0.242. The normalized spacial score (nSPS) is 14.2. The zero-order chi connectivity index (χ0) is 29.9. The molecule has 5 aromatic rings. The molecule has 2 aromatic carbocycles. The van der Waals surface area contributed by atoms with Gasteiger partial charge in [0.1, 0.15) is 23.1 Å². The Balaban J connectivity index is 1.24. The van der Waals surface area contributed by atoms with Crippen LogP contribution in [-0.4, -0.2) is 51.6 Å². The number of fused-ring (bicyclic) bond motifs is 1. The molecule has 220 valence electrons. The van der Waals surface area contributed by atoms with E-state index in [1.54, 1.807) is 12.3 Å². The SMILES string of the molecule is CN1CCC(Oc2cc(CNC(=O)c3cccn(Cc4ccc(F)c(F)c4)c3=O)cc(-c3c[nH]c4ncccc34)c2)CC1. The van der Waals surface area contributed by atoms with Gasteiger partial charge in [-0.3, -0.25) is 9.59 Å². The van der Waals surface area contributed by atoms with Gasteiger partial charge in [0, 0.05) is 49.2 Å². The van der Waals surface area contributed by atoms with E-state index in [-0.39, 0.29) is 24.8 Å². The molecule has 0 spiro atoms. The van der Waals surface area contributed by atoms with Gasteiger partial charge in [0.15, 0.2) is 11.6 Å². The third-order valence-corrected chi connectivity index (χ3v) is 7.75. The summed E-state index contributed by atoms with van der Waals surface area (Å²) in [5, 5.41) is 3.84. The number of hydrogen-bond acceptors (Lipinski definition) is 5. The summed E-state index contributed by atoms with van der Waals surface area (Å²) in [6.07, 6.45) is 7.10. The van der Waals surface area contributed by atoms with E-state index in [4.69, 9.17) is 4.74 Å². The summed E-state index contributed by atoms with van der Waals surface area (Å²) in [5.41, 5.74) is 3.29. The topological polar surface area (TPSA) is 92.2 Å². The highest BCUT2D eigenvalue weighted by atomic mass is 19.2. The predicted molar refractivity (Wildman–Crippen MR) is 160 cm³/mol. The maximum atomic E-state index is 13.7. The molecule has 0 saturated carbocycles. The average Bonchev–Trinajstić information content (AvgIpc) is 3.44. The molecule has 1 aliphatic rings. The Kier molecular flexibility index (Phi) is 8.02. The Labute approximate surface area is 246 Å². The van der Waals surface area contributed by atoms with Crippen molar-refractivity contribution in [2.24, 2.45) is 0 Å². The summed E-state index contributed by atoms with van der Waals surface area (Å²) in [4.78, 5) is 36.2. The van der Waals surface area contributed by atoms with Gasteiger partial charge in [-0.15, -0.1) is 0 Å². The smallest absolute Gasteiger partial charge is 0.263 e. The largest absolute Gasteiger partial charge is 0.490 e. The van der Waals surface area contributed by atoms with Crippen LogP contribution in [0.3, 0.4) is 0 Å². The van der Waals surface area contributed by atoms with E-state index in [0.29, 0.717) is 11.3 Å². The fourth-order valence-corrected chi connectivity index (χ4v) is 5.42. The number of hydrogen-bond donors (Lipinski definition) is 2. The Morgan fingerprint density at radius 3 is 2.70 bits per heavy atom. The van der Waals surface area contributed by atoms with Crippen molar-refractivity contribution >= 4 is 16.9 Å². The van der Waals surface area contributed by atoms with Crippen LogP contribution in [0.4, 0.5) is 8.78 Å². The van der Waals surface area contributed by atoms with Gasteiger partial charge in [0.2, 0.25) is 0 Å². The van der Waals surface area contributed by atoms with E-state index in [0.717, 1.165) is 65.8 Å². The number of aromatic amines is 1. The molecule has 1 aliphatic heterocycles. The van der Waals surface area contributed by atoms with Gasteiger partial charge in [-0.25, -0.2) is 13.8 Å². The second-order valence-electron chi connectivity index (χ2n) is 10.9. The summed E-state index contributed by atoms with van der Waals surface area (Å²) in [7, 11) is 2.10. The second-order valence-corrected chi connectivity index (χ2v) is 10.9. The van der Waals surface area contributed by atoms with E-state index >= 15 is 0 Å². The van der Waals surface area contributed by atoms with E-state index in [9.17, 15) is 18.4 Å². The van der Waals surface area contributed by atoms with Crippen molar-refractivity contribution in [1.82, 2.24) is 24.8 Å². The summed E-state index contributed by atoms with van der Waals surface area (Å²) in [6.45, 7) is 2.09. The first kappa shape index (κ1) is 28.3. The maximum absolute atomic E-state index is 13.7. The van der Waals surface area contributed by atoms with Crippen LogP contribution in [0.25, 0.3) is 22.2 Å². The second kappa shape index (κ2) is 12.2. The predicted octanol–water partition coefficient (Wildman–Crippen LogP) is 5.12. The van der Waals surface area contributed by atoms with Crippen molar-refractivity contribution in [1.29, 1.82) is 0 Å². The van der Waals surface area contributed by atoms with Crippen LogP contribution in [0.2, 0.25) is 0 Å². The molecule has 0 aliphatic carbocycles. The highest BCUT2D eigenvalue weighted by Crippen LogP contribution is 2.32. The molecule has 10 heteroatoms. The zero-order valence-corrected chi connectivity index (χ0v) is 23.6. The number of halogens is 2. The van der Waals surface area contributed by atoms with Crippen LogP contribution in [0.5, 0.6) is 5.75 Å². The number of amides is 1. The molecule has 0 radical (unpaired) electrons. The van der Waals surface area contributed by atoms with Gasteiger partial charge in [-0.2, -0.15) is 0 Å². The standard InChI is InChI=1S/C33H31F2N5O3/c1-39-12-8-24(9-13-39)43-25-15-22(14-23(17-25)28-19-37-31-26(28)4-2-10-36-31)18-38-32(41)27-5-3-11-40(33(27)42)20-21-6-7-29(34)30(35)16-21/h2-7,10-11,14-17,19,24H,8-9,12-13,18,20H2,1H3,(H,36,37)(H,38,41). The summed E-state index contributed by atoms with van der Waals surface area (Å²) < 4.78 is 34.7. The van der Waals surface area contributed by atoms with E-state index in [2.05, 4.69) is 27.2 Å². The molecule has 1 fully saturated rings. The number of pyridine rings is 2. The minimum atomic E-state index is -0.996. The van der Waals surface area contributed by atoms with Crippen molar-refractivity contribution in [2.45, 2.75) is 32.0 Å². The maximum Gasteiger partial charge on any atom is 0.263 e. The molecule has 43 heavy (non-hydrogen) atoms. The quantitative estimate of drug-likeness (QED) is 0.265. The lowest BCUT2D eigenvalue weighted by atomic mass is 10.0. The van der Waals surface area contributed by atoms with Crippen molar-refractivity contribution in [3.63, 3.8) is 0 Å². The number of H-pyrrole nitrogens is 1. The lowest BCUT2D eigenvalue weighted by Crippen LogP contribution is -2.35. The molecule has 6 rings (SSSR count). The van der Waals surface area contributed by atoms with E-state index in [1.165, 1.54) is 22.9 Å². The fourth-order valence-electron chi connectivity index (χ4n) is 5.42. The molecule has 3 aromatic heterocycles. The number of nitrogens with one attached hydrogen (secondary N) is 2. The molecule has 0 bridgehead atoms. The van der Waals surface area contributed by atoms with Gasteiger partial charge in [-0.1, -0.05) is 6.07 Å². The molecule has 0 atom stereocenters. The van der Waals surface area contributed by atoms with Crippen molar-refractivity contribution in [3.05, 3.63) is 118 Å². The highest BCUT2D eigenvalue weighted by Gasteiger charge is 2.20. The summed E-state index contributed by atoms with van der Waals surface area (Å²) in [6, 6.07) is 16.3. The van der Waals surface area contributed by atoms with Gasteiger partial charge >= 0.3 is 0 Å². The molecular formula is C33H31F2N5O3. The molecule has 1 saturated heterocycles. The van der Waals surface area contributed by atoms with Gasteiger partial charge in [0.25, 0.3) is 11.5 Å². The Morgan fingerprint density at radius 1 is 1.05 bits per heavy atom. The molecule has 1 amide bonds. The highest BCUT2D eigenvalue weighted by molar-refractivity contribution is 5.94. The minimum Gasteiger partial charge on any atom is -0.490 e. The van der Waals surface area contributed by atoms with Crippen LogP contribution in [-0.2, 0) is 13.1 Å². The first-order valence-corrected chi connectivity index (χ1v) is 14.2. The first-order valence-electron chi connectivity index (χ1n) is 14.2. The van der Waals surface area contributed by atoms with Crippen LogP contribution < -0.4 is 15.6 Å². The van der Waals surface area contributed by atoms with Gasteiger partial charge in [0.05, 0.1) is 6.54 Å². The zero-order valence-electron chi connectivity index (χ0n) is 23.6. The Bertz CT molecular complexity index is 1840. The van der Waals surface area contributed by atoms with Gasteiger partial charge in [-0.05, 0) is 91.2 Å². The lowest BCUT2D eigenvalue weighted by Gasteiger charge is -2.29. The summed E-state index contributed by atoms with van der Waals surface area (Å²) in [5.74, 6) is -1.79. The number of benzene rings is 2. The number of aromatic nitrogens is 3. The van der Waals surface area contributed by atoms with Crippen molar-refractivity contribution in [2.75, 3.05) is 20.1 Å². The number of likely N-dealkylation sites (tertiary alicyclic amines) is 1.